The Bertz CT molecular complexity index is 1280. The first-order valence-corrected chi connectivity index (χ1v) is 15.8. The number of hydrogen-bond donors (Lipinski definition) is 0. The number of likely N-dealkylation sites (N-methyl/N-ethyl adjacent to an activating group) is 2. The summed E-state index contributed by atoms with van der Waals surface area (Å²) in [6.45, 7) is 21.8. The molecule has 0 saturated carbocycles. The van der Waals surface area contributed by atoms with Gasteiger partial charge in [-0.15, -0.1) is 22.8 Å². The van der Waals surface area contributed by atoms with E-state index < -0.39 is 0 Å². The van der Waals surface area contributed by atoms with Crippen molar-refractivity contribution in [2.45, 2.75) is 92.2 Å². The third-order valence-corrected chi connectivity index (χ3v) is 8.38. The van der Waals surface area contributed by atoms with Crippen LogP contribution in [0.2, 0.25) is 0 Å². The molecule has 0 saturated heterocycles. The Balaban J connectivity index is 0.00000337. The van der Waals surface area contributed by atoms with Crippen LogP contribution in [0.25, 0.3) is 22.5 Å². The van der Waals surface area contributed by atoms with Crippen LogP contribution in [-0.2, 0) is 38.9 Å². The zero-order valence-corrected chi connectivity index (χ0v) is 33.8. The number of aromatic nitrogens is 2. The second kappa shape index (κ2) is 18.2. The molecule has 4 rings (SSSR count). The molecule has 0 unspecified atom stereocenters. The van der Waals surface area contributed by atoms with E-state index in [4.69, 9.17) is 9.97 Å². The summed E-state index contributed by atoms with van der Waals surface area (Å²) in [4.78, 5) is 15.0. The van der Waals surface area contributed by atoms with E-state index in [1.807, 2.05) is 0 Å². The number of hydrogen-bond acceptors (Lipinski definition) is 2. The molecule has 246 valence electrons. The Hall–Kier alpha value is -2.21. The summed E-state index contributed by atoms with van der Waals surface area (Å²) >= 11 is 0. The normalized spacial score (nSPS) is 11.5. The molecule has 0 spiro atoms. The second-order valence-electron chi connectivity index (χ2n) is 13.4. The number of rotatable bonds is 13. The number of nitrogens with zero attached hydrogens (tertiary/aromatic N) is 4. The summed E-state index contributed by atoms with van der Waals surface area (Å²) in [6, 6.07) is 22.3. The molecular weight excluding hydrogens is 715 g/mol. The van der Waals surface area contributed by atoms with Crippen LogP contribution in [-0.4, -0.2) is 37.0 Å². The summed E-state index contributed by atoms with van der Waals surface area (Å²) in [5.41, 5.74) is 12.7. The van der Waals surface area contributed by atoms with Crippen LogP contribution in [0.4, 0.5) is 0 Å². The van der Waals surface area contributed by atoms with Crippen molar-refractivity contribution in [1.29, 1.82) is 0 Å². The average molecular weight is 773 g/mol. The molecule has 2 aromatic carbocycles. The minimum absolute atomic E-state index is 0. The van der Waals surface area contributed by atoms with E-state index in [1.165, 1.54) is 33.4 Å². The van der Waals surface area contributed by atoms with Gasteiger partial charge in [-0.3, -0.25) is 0 Å². The van der Waals surface area contributed by atoms with E-state index in [0.29, 0.717) is 23.7 Å². The fourth-order valence-electron chi connectivity index (χ4n) is 6.01. The molecule has 0 amide bonds. The summed E-state index contributed by atoms with van der Waals surface area (Å²) < 4.78 is 0. The van der Waals surface area contributed by atoms with Crippen LogP contribution in [0.5, 0.6) is 0 Å². The van der Waals surface area contributed by atoms with Crippen molar-refractivity contribution in [3.63, 3.8) is 0 Å². The van der Waals surface area contributed by atoms with Crippen molar-refractivity contribution in [1.82, 2.24) is 19.8 Å². The van der Waals surface area contributed by atoms with Crippen LogP contribution < -0.4 is 9.97 Å². The second-order valence-corrected chi connectivity index (χ2v) is 13.4. The van der Waals surface area contributed by atoms with Gasteiger partial charge < -0.3 is 34.6 Å². The van der Waals surface area contributed by atoms with Crippen LogP contribution in [0, 0.1) is 14.9 Å². The van der Waals surface area contributed by atoms with Gasteiger partial charge in [0.25, 0.3) is 0 Å². The molecule has 45 heavy (non-hydrogen) atoms. The van der Waals surface area contributed by atoms with Crippen molar-refractivity contribution in [2.24, 2.45) is 0 Å². The Labute approximate surface area is 295 Å². The molecule has 0 aliphatic rings. The van der Waals surface area contributed by atoms with Gasteiger partial charge in [0.2, 0.25) is 0 Å². The molecular formula is C40H58HfN4-4. The van der Waals surface area contributed by atoms with Gasteiger partial charge in [0.1, 0.15) is 0 Å². The monoisotopic (exact) mass is 774 g/mol. The minimum atomic E-state index is 0. The fourth-order valence-corrected chi connectivity index (χ4v) is 6.01. The molecule has 0 radical (unpaired) electrons. The van der Waals surface area contributed by atoms with Crippen molar-refractivity contribution in [3.05, 3.63) is 109 Å². The summed E-state index contributed by atoms with van der Waals surface area (Å²) in [5, 5.41) is 0. The van der Waals surface area contributed by atoms with Crippen LogP contribution in [0.3, 0.4) is 0 Å². The fraction of sp³-hybridized carbons (Fsp3) is 0.450. The molecule has 2 aromatic heterocycles. The van der Waals surface area contributed by atoms with Crippen LogP contribution >= 0.6 is 0 Å². The van der Waals surface area contributed by atoms with Crippen LogP contribution in [0.15, 0.2) is 60.7 Å². The van der Waals surface area contributed by atoms with Gasteiger partial charge in [-0.1, -0.05) is 116 Å². The molecule has 0 aliphatic carbocycles. The maximum absolute atomic E-state index is 5.11. The Morgan fingerprint density at radius 3 is 1.04 bits per heavy atom. The van der Waals surface area contributed by atoms with E-state index in [9.17, 15) is 0 Å². The molecule has 0 aliphatic heterocycles. The van der Waals surface area contributed by atoms with E-state index in [-0.39, 0.29) is 40.7 Å². The number of benzene rings is 2. The first kappa shape index (κ1) is 40.8. The first-order valence-electron chi connectivity index (χ1n) is 15.8. The van der Waals surface area contributed by atoms with Gasteiger partial charge in [0.05, 0.1) is 0 Å². The van der Waals surface area contributed by atoms with Gasteiger partial charge in [0, 0.05) is 52.0 Å². The molecule has 0 bridgehead atoms. The topological polar surface area (TPSA) is 34.7 Å². The van der Waals surface area contributed by atoms with Crippen molar-refractivity contribution in [3.8, 4) is 22.5 Å². The van der Waals surface area contributed by atoms with Crippen molar-refractivity contribution in [2.75, 3.05) is 27.2 Å². The smallest absolute Gasteiger partial charge is 0.0109 e. The SMILES string of the molecule is CC(C)c1cccc(C(C)C)c1-c1ccc(CN(C)CCN(C)Cc2ccc(-c3c(C(C)C)cccc3C(C)C)[n-]2)[n-]1.[CH3-].[CH3-].[Hf]. The zero-order chi connectivity index (χ0) is 30.6. The molecule has 4 nitrogen and oxygen atoms in total. The van der Waals surface area contributed by atoms with Gasteiger partial charge in [-0.05, 0) is 71.1 Å². The molecule has 2 heterocycles. The molecule has 5 heteroatoms. The van der Waals surface area contributed by atoms with Gasteiger partial charge in [-0.25, -0.2) is 0 Å². The molecule has 0 N–H and O–H groups in total. The van der Waals surface area contributed by atoms with E-state index in [0.717, 1.165) is 49.0 Å². The maximum atomic E-state index is 5.11. The average Bonchev–Trinajstić information content (AvgIpc) is 3.60. The third kappa shape index (κ3) is 10.1. The van der Waals surface area contributed by atoms with E-state index >= 15 is 0 Å². The largest absolute Gasteiger partial charge is 0.660 e. The Kier molecular flexibility index (Phi) is 16.5. The van der Waals surface area contributed by atoms with E-state index in [1.54, 1.807) is 0 Å². The molecule has 0 atom stereocenters. The molecule has 4 aromatic rings. The minimum Gasteiger partial charge on any atom is -0.660 e. The van der Waals surface area contributed by atoms with Crippen molar-refractivity contribution >= 4 is 0 Å². The van der Waals surface area contributed by atoms with Gasteiger partial charge in [0.15, 0.2) is 0 Å². The van der Waals surface area contributed by atoms with Crippen LogP contribution in [0.1, 0.15) is 113 Å². The quantitative estimate of drug-likeness (QED) is 0.100. The Morgan fingerprint density at radius 1 is 0.489 bits per heavy atom. The Morgan fingerprint density at radius 2 is 0.778 bits per heavy atom. The predicted molar refractivity (Wildman–Crippen MR) is 192 cm³/mol. The summed E-state index contributed by atoms with van der Waals surface area (Å²) in [5.74, 6) is 1.86. The summed E-state index contributed by atoms with van der Waals surface area (Å²) in [7, 11) is 4.39. The summed E-state index contributed by atoms with van der Waals surface area (Å²) in [6.07, 6.45) is 0. The van der Waals surface area contributed by atoms with E-state index in [2.05, 4.69) is 140 Å². The third-order valence-electron chi connectivity index (χ3n) is 8.38. The van der Waals surface area contributed by atoms with Gasteiger partial charge >= 0.3 is 0 Å². The molecule has 0 fully saturated rings. The zero-order valence-electron chi connectivity index (χ0n) is 30.2. The maximum Gasteiger partial charge on any atom is 0.0109 e. The first-order chi connectivity index (χ1) is 20.0. The predicted octanol–water partition coefficient (Wildman–Crippen LogP) is 9.89. The van der Waals surface area contributed by atoms with Gasteiger partial charge in [-0.2, -0.15) is 0 Å². The van der Waals surface area contributed by atoms with Crippen molar-refractivity contribution < 1.29 is 25.8 Å². The standard InChI is InChI=1S/C38H52N4.2CH3.Hf/c1-25(2)31-13-11-14-32(26(3)4)37(31)35-19-17-29(39-35)23-41(9)21-22-42(10)24-30-18-20-36(40-30)38-33(27(5)6)15-12-16-34(38)28(7)8;;;/h11-20,25-28H,21-24H2,1-10H3;2*1H3;/q-2;2*-1;.